The van der Waals surface area contributed by atoms with Crippen molar-refractivity contribution in [2.24, 2.45) is 0 Å². The summed E-state index contributed by atoms with van der Waals surface area (Å²) in [5.41, 5.74) is 6.44. The van der Waals surface area contributed by atoms with E-state index in [4.69, 9.17) is 14.9 Å². The van der Waals surface area contributed by atoms with Crippen LogP contribution in [0.2, 0.25) is 0 Å². The number of nitrogens with one attached hydrogen (secondary N) is 2. The van der Waals surface area contributed by atoms with Gasteiger partial charge in [0.2, 0.25) is 5.95 Å². The first-order valence-electron chi connectivity index (χ1n) is 12.1. The van der Waals surface area contributed by atoms with E-state index in [9.17, 15) is 4.79 Å². The first-order valence-corrected chi connectivity index (χ1v) is 12.9. The average Bonchev–Trinajstić information content (AvgIpc) is 3.62. The summed E-state index contributed by atoms with van der Waals surface area (Å²) in [6.45, 7) is 1.97. The van der Waals surface area contributed by atoms with Gasteiger partial charge in [-0.2, -0.15) is 5.10 Å². The molecule has 3 aromatic heterocycles. The van der Waals surface area contributed by atoms with Crippen LogP contribution < -0.4 is 15.3 Å². The second-order valence-electron chi connectivity index (χ2n) is 8.95. The van der Waals surface area contributed by atoms with E-state index in [-0.39, 0.29) is 6.10 Å². The average molecular weight is 528 g/mol. The molecule has 1 saturated heterocycles. The molecule has 1 aliphatic heterocycles. The Morgan fingerprint density at radius 1 is 1.26 bits per heavy atom. The maximum atomic E-state index is 11.2. The van der Waals surface area contributed by atoms with E-state index in [0.29, 0.717) is 19.1 Å². The van der Waals surface area contributed by atoms with E-state index in [1.165, 1.54) is 6.08 Å². The van der Waals surface area contributed by atoms with Gasteiger partial charge in [0.15, 0.2) is 0 Å². The van der Waals surface area contributed by atoms with Gasteiger partial charge >= 0.3 is 0 Å². The van der Waals surface area contributed by atoms with E-state index in [1.54, 1.807) is 22.9 Å². The molecule has 4 heterocycles. The largest absolute Gasteiger partial charge is 0.370 e. The van der Waals surface area contributed by atoms with E-state index in [2.05, 4.69) is 37.1 Å². The van der Waals surface area contributed by atoms with Crippen molar-refractivity contribution in [1.29, 1.82) is 0 Å². The number of carbonyl (C=O) groups is 1. The summed E-state index contributed by atoms with van der Waals surface area (Å²) in [7, 11) is 2.01. The molecule has 1 amide bonds. The first-order chi connectivity index (χ1) is 18.6. The normalized spacial score (nSPS) is 15.9. The SMILES string of the molecule is CN(c1ccc(C=CC(=O)NO)cc1)c1cc2nc(N3CCOC(c4cccc5[nH]ncc45)C3)ncc2s1. The molecule has 0 aliphatic carbocycles. The predicted molar refractivity (Wildman–Crippen MR) is 148 cm³/mol. The van der Waals surface area contributed by atoms with Crippen LogP contribution >= 0.6 is 11.3 Å². The molecule has 0 radical (unpaired) electrons. The molecule has 0 saturated carbocycles. The summed E-state index contributed by atoms with van der Waals surface area (Å²) in [4.78, 5) is 25.0. The van der Waals surface area contributed by atoms with Gasteiger partial charge in [0.1, 0.15) is 6.10 Å². The number of ether oxygens (including phenoxy) is 1. The Labute approximate surface area is 222 Å². The van der Waals surface area contributed by atoms with Crippen LogP contribution in [0.15, 0.2) is 67.0 Å². The Kier molecular flexibility index (Phi) is 6.46. The van der Waals surface area contributed by atoms with Gasteiger partial charge in [-0.3, -0.25) is 15.1 Å². The fourth-order valence-electron chi connectivity index (χ4n) is 4.57. The molecule has 1 atom stereocenters. The molecule has 3 N–H and O–H groups in total. The fraction of sp³-hybridized carbons (Fsp3) is 0.185. The van der Waals surface area contributed by atoms with Gasteiger partial charge in [0.25, 0.3) is 5.91 Å². The van der Waals surface area contributed by atoms with E-state index >= 15 is 0 Å². The third kappa shape index (κ3) is 4.70. The number of fused-ring (bicyclic) bond motifs is 2. The number of anilines is 3. The molecule has 1 aliphatic rings. The van der Waals surface area contributed by atoms with E-state index in [1.807, 2.05) is 55.8 Å². The van der Waals surface area contributed by atoms with Crippen LogP contribution in [0.4, 0.5) is 16.6 Å². The maximum Gasteiger partial charge on any atom is 0.267 e. The topological polar surface area (TPSA) is 120 Å². The minimum Gasteiger partial charge on any atom is -0.370 e. The smallest absolute Gasteiger partial charge is 0.267 e. The third-order valence-electron chi connectivity index (χ3n) is 6.61. The number of nitrogens with zero attached hydrogens (tertiary/aromatic N) is 5. The van der Waals surface area contributed by atoms with Crippen LogP contribution in [0.5, 0.6) is 0 Å². The summed E-state index contributed by atoms with van der Waals surface area (Å²) in [5.74, 6) is 0.125. The lowest BCUT2D eigenvalue weighted by Gasteiger charge is -2.33. The molecule has 1 unspecified atom stereocenters. The fourth-order valence-corrected chi connectivity index (χ4v) is 5.52. The molecule has 5 aromatic rings. The van der Waals surface area contributed by atoms with Crippen molar-refractivity contribution >= 4 is 61.1 Å². The summed E-state index contributed by atoms with van der Waals surface area (Å²) in [6, 6.07) is 16.0. The van der Waals surface area contributed by atoms with Gasteiger partial charge in [-0.1, -0.05) is 24.3 Å². The van der Waals surface area contributed by atoms with Crippen molar-refractivity contribution in [2.45, 2.75) is 6.10 Å². The van der Waals surface area contributed by atoms with Crippen LogP contribution in [0, 0.1) is 0 Å². The number of H-pyrrole nitrogens is 1. The minimum absolute atomic E-state index is 0.0932. The zero-order valence-electron chi connectivity index (χ0n) is 20.5. The van der Waals surface area contributed by atoms with Crippen molar-refractivity contribution in [1.82, 2.24) is 25.6 Å². The highest BCUT2D eigenvalue weighted by Gasteiger charge is 2.26. The molecule has 6 rings (SSSR count). The molecule has 0 spiro atoms. The van der Waals surface area contributed by atoms with Crippen molar-refractivity contribution in [3.63, 3.8) is 0 Å². The standard InChI is InChI=1S/C27H25N7O3S/c1-33(18-8-5-17(6-9-18)7-10-25(35)32-36)26-13-22-24(38-26)15-28-27(30-22)34-11-12-37-23(16-34)19-3-2-4-21-20(19)14-29-31-21/h2-10,13-15,23,36H,11-12,16H2,1H3,(H,29,31)(H,32,35). The third-order valence-corrected chi connectivity index (χ3v) is 7.74. The van der Waals surface area contributed by atoms with Crippen LogP contribution in [-0.4, -0.2) is 58.0 Å². The monoisotopic (exact) mass is 527 g/mol. The Morgan fingerprint density at radius 3 is 2.97 bits per heavy atom. The van der Waals surface area contributed by atoms with Gasteiger partial charge in [0.05, 0.1) is 46.3 Å². The van der Waals surface area contributed by atoms with E-state index in [0.717, 1.165) is 49.5 Å². The summed E-state index contributed by atoms with van der Waals surface area (Å²) < 4.78 is 7.14. The van der Waals surface area contributed by atoms with Gasteiger partial charge in [-0.15, -0.1) is 11.3 Å². The summed E-state index contributed by atoms with van der Waals surface area (Å²) in [5, 5.41) is 17.9. The van der Waals surface area contributed by atoms with Crippen molar-refractivity contribution in [3.05, 3.63) is 78.1 Å². The Balaban J connectivity index is 1.20. The quantitative estimate of drug-likeness (QED) is 0.169. The van der Waals surface area contributed by atoms with Crippen LogP contribution in [0.1, 0.15) is 17.2 Å². The molecular weight excluding hydrogens is 502 g/mol. The zero-order valence-corrected chi connectivity index (χ0v) is 21.4. The number of rotatable bonds is 6. The molecule has 0 bridgehead atoms. The minimum atomic E-state index is -0.570. The number of hydroxylamine groups is 1. The summed E-state index contributed by atoms with van der Waals surface area (Å²) in [6.07, 6.45) is 6.55. The first kappa shape index (κ1) is 24.0. The Hall–Kier alpha value is -4.32. The molecule has 2 aromatic carbocycles. The van der Waals surface area contributed by atoms with Crippen LogP contribution in [0.3, 0.4) is 0 Å². The summed E-state index contributed by atoms with van der Waals surface area (Å²) >= 11 is 1.63. The second kappa shape index (κ2) is 10.2. The maximum absolute atomic E-state index is 11.2. The number of hydrogen-bond acceptors (Lipinski definition) is 9. The number of aromatic amines is 1. The lowest BCUT2D eigenvalue weighted by atomic mass is 10.0. The van der Waals surface area contributed by atoms with Gasteiger partial charge in [-0.25, -0.2) is 15.4 Å². The number of thiophene rings is 1. The highest BCUT2D eigenvalue weighted by Crippen LogP contribution is 2.36. The Bertz CT molecular complexity index is 1630. The highest BCUT2D eigenvalue weighted by molar-refractivity contribution is 7.22. The Morgan fingerprint density at radius 2 is 2.13 bits per heavy atom. The molecular formula is C27H25N7O3S. The lowest BCUT2D eigenvalue weighted by Crippen LogP contribution is -2.39. The van der Waals surface area contributed by atoms with Crippen LogP contribution in [-0.2, 0) is 9.53 Å². The molecule has 192 valence electrons. The van der Waals surface area contributed by atoms with Crippen LogP contribution in [0.25, 0.3) is 27.2 Å². The van der Waals surface area contributed by atoms with Crippen molar-refractivity contribution < 1.29 is 14.7 Å². The molecule has 1 fully saturated rings. The zero-order chi connectivity index (χ0) is 26.1. The molecule has 38 heavy (non-hydrogen) atoms. The lowest BCUT2D eigenvalue weighted by molar-refractivity contribution is -0.124. The van der Waals surface area contributed by atoms with E-state index < -0.39 is 5.91 Å². The molecule has 11 heteroatoms. The number of hydrogen-bond donors (Lipinski definition) is 3. The number of carbonyl (C=O) groups excluding carboxylic acids is 1. The highest BCUT2D eigenvalue weighted by atomic mass is 32.1. The van der Waals surface area contributed by atoms with Gasteiger partial charge in [-0.05, 0) is 41.5 Å². The number of amides is 1. The van der Waals surface area contributed by atoms with Crippen molar-refractivity contribution in [3.8, 4) is 0 Å². The number of benzene rings is 2. The molecule has 10 nitrogen and oxygen atoms in total. The number of aromatic nitrogens is 4. The van der Waals surface area contributed by atoms with Crippen molar-refractivity contribution in [2.75, 3.05) is 36.5 Å². The predicted octanol–water partition coefficient (Wildman–Crippen LogP) is 4.43. The van der Waals surface area contributed by atoms with Gasteiger partial charge in [0, 0.05) is 30.7 Å². The number of morpholine rings is 1. The second-order valence-corrected chi connectivity index (χ2v) is 10.0. The van der Waals surface area contributed by atoms with Gasteiger partial charge < -0.3 is 14.5 Å².